The summed E-state index contributed by atoms with van der Waals surface area (Å²) in [5.74, 6) is 0.908. The monoisotopic (exact) mass is 364 g/mol. The summed E-state index contributed by atoms with van der Waals surface area (Å²) in [5, 5.41) is 8.49. The van der Waals surface area contributed by atoms with E-state index in [-0.39, 0.29) is 6.04 Å². The van der Waals surface area contributed by atoms with Crippen molar-refractivity contribution in [1.29, 1.82) is 0 Å². The van der Waals surface area contributed by atoms with Gasteiger partial charge in [-0.2, -0.15) is 0 Å². The molecule has 2 N–H and O–H groups in total. The van der Waals surface area contributed by atoms with E-state index in [1.54, 1.807) is 7.11 Å². The highest BCUT2D eigenvalue weighted by atomic mass is 35.5. The summed E-state index contributed by atoms with van der Waals surface area (Å²) in [4.78, 5) is 0. The van der Waals surface area contributed by atoms with Gasteiger partial charge in [0.15, 0.2) is 0 Å². The molecule has 2 atom stereocenters. The number of benzene rings is 2. The standard InChI is InChI=1S/C19H22Cl2N2O/c1-24-17-10-3-2-6-13(17)12-23-16-9-5-11-22-19(16)14-7-4-8-15(20)18(14)21/h2-4,6-8,10,16,19,22-23H,5,9,11-12H2,1H3/t16-,19-/m0/s1. The molecule has 3 nitrogen and oxygen atoms in total. The molecule has 0 aromatic heterocycles. The Morgan fingerprint density at radius 2 is 2.00 bits per heavy atom. The third-order valence-corrected chi connectivity index (χ3v) is 5.36. The fourth-order valence-electron chi connectivity index (χ4n) is 3.29. The second kappa shape index (κ2) is 8.21. The van der Waals surface area contributed by atoms with Crippen LogP contribution in [0.2, 0.25) is 10.0 Å². The van der Waals surface area contributed by atoms with Crippen LogP contribution in [0.3, 0.4) is 0 Å². The molecule has 5 heteroatoms. The maximum atomic E-state index is 6.44. The minimum Gasteiger partial charge on any atom is -0.496 e. The predicted molar refractivity (Wildman–Crippen MR) is 100 cm³/mol. The van der Waals surface area contributed by atoms with Crippen molar-refractivity contribution >= 4 is 23.2 Å². The number of nitrogens with one attached hydrogen (secondary N) is 2. The number of halogens is 2. The van der Waals surface area contributed by atoms with Crippen LogP contribution in [0.1, 0.15) is 30.0 Å². The van der Waals surface area contributed by atoms with Gasteiger partial charge in [0, 0.05) is 24.2 Å². The Hall–Kier alpha value is -1.26. The summed E-state index contributed by atoms with van der Waals surface area (Å²) in [7, 11) is 1.70. The molecular formula is C19H22Cl2N2O. The van der Waals surface area contributed by atoms with E-state index in [0.29, 0.717) is 16.1 Å². The molecular weight excluding hydrogens is 343 g/mol. The van der Waals surface area contributed by atoms with E-state index in [4.69, 9.17) is 27.9 Å². The van der Waals surface area contributed by atoms with Crippen LogP contribution in [0.4, 0.5) is 0 Å². The van der Waals surface area contributed by atoms with Gasteiger partial charge < -0.3 is 15.4 Å². The third kappa shape index (κ3) is 3.86. The summed E-state index contributed by atoms with van der Waals surface area (Å²) >= 11 is 12.6. The van der Waals surface area contributed by atoms with Crippen molar-refractivity contribution in [2.45, 2.75) is 31.5 Å². The minimum atomic E-state index is 0.152. The summed E-state index contributed by atoms with van der Waals surface area (Å²) in [6, 6.07) is 14.4. The molecule has 2 aromatic carbocycles. The lowest BCUT2D eigenvalue weighted by atomic mass is 9.92. The molecule has 1 fully saturated rings. The molecule has 0 bridgehead atoms. The van der Waals surface area contributed by atoms with E-state index in [1.165, 1.54) is 0 Å². The summed E-state index contributed by atoms with van der Waals surface area (Å²) in [6.07, 6.45) is 2.23. The molecule has 128 valence electrons. The first kappa shape index (κ1) is 17.6. The molecule has 2 aromatic rings. The first-order chi connectivity index (χ1) is 11.7. The van der Waals surface area contributed by atoms with Crippen molar-refractivity contribution in [2.75, 3.05) is 13.7 Å². The molecule has 0 saturated carbocycles. The van der Waals surface area contributed by atoms with Crippen LogP contribution in [-0.2, 0) is 6.54 Å². The molecule has 1 heterocycles. The van der Waals surface area contributed by atoms with Gasteiger partial charge in [-0.15, -0.1) is 0 Å². The Kier molecular flexibility index (Phi) is 6.01. The number of methoxy groups -OCH3 is 1. The molecule has 1 saturated heterocycles. The van der Waals surface area contributed by atoms with E-state index in [1.807, 2.05) is 30.3 Å². The number of para-hydroxylation sites is 1. The van der Waals surface area contributed by atoms with Crippen molar-refractivity contribution in [2.24, 2.45) is 0 Å². The van der Waals surface area contributed by atoms with E-state index in [0.717, 1.165) is 42.8 Å². The van der Waals surface area contributed by atoms with Crippen molar-refractivity contribution in [1.82, 2.24) is 10.6 Å². The van der Waals surface area contributed by atoms with Gasteiger partial charge in [0.05, 0.1) is 17.2 Å². The van der Waals surface area contributed by atoms with Crippen LogP contribution in [0.25, 0.3) is 0 Å². The van der Waals surface area contributed by atoms with Gasteiger partial charge >= 0.3 is 0 Å². The second-order valence-corrected chi connectivity index (χ2v) is 6.80. The second-order valence-electron chi connectivity index (χ2n) is 6.02. The van der Waals surface area contributed by atoms with Crippen molar-refractivity contribution in [3.8, 4) is 5.75 Å². The van der Waals surface area contributed by atoms with Gasteiger partial charge in [0.1, 0.15) is 5.75 Å². The predicted octanol–water partition coefficient (Wildman–Crippen LogP) is 4.58. The van der Waals surface area contributed by atoms with Crippen LogP contribution in [0, 0.1) is 0 Å². The zero-order valence-corrected chi connectivity index (χ0v) is 15.2. The number of hydrogen-bond donors (Lipinski definition) is 2. The van der Waals surface area contributed by atoms with Crippen LogP contribution in [-0.4, -0.2) is 19.7 Å². The first-order valence-electron chi connectivity index (χ1n) is 8.23. The maximum Gasteiger partial charge on any atom is 0.123 e. The Labute approximate surface area is 153 Å². The van der Waals surface area contributed by atoms with Gasteiger partial charge in [-0.25, -0.2) is 0 Å². The fourth-order valence-corrected chi connectivity index (χ4v) is 3.71. The highest BCUT2D eigenvalue weighted by Gasteiger charge is 2.28. The smallest absolute Gasteiger partial charge is 0.123 e. The molecule has 1 aliphatic heterocycles. The van der Waals surface area contributed by atoms with E-state index >= 15 is 0 Å². The van der Waals surface area contributed by atoms with Gasteiger partial charge in [0.25, 0.3) is 0 Å². The van der Waals surface area contributed by atoms with Crippen LogP contribution in [0.5, 0.6) is 5.75 Å². The largest absolute Gasteiger partial charge is 0.496 e. The van der Waals surface area contributed by atoms with Crippen molar-refractivity contribution in [3.63, 3.8) is 0 Å². The van der Waals surface area contributed by atoms with E-state index < -0.39 is 0 Å². The molecule has 24 heavy (non-hydrogen) atoms. The lowest BCUT2D eigenvalue weighted by molar-refractivity contribution is 0.303. The van der Waals surface area contributed by atoms with Gasteiger partial charge in [-0.05, 0) is 37.1 Å². The van der Waals surface area contributed by atoms with Crippen LogP contribution < -0.4 is 15.4 Å². The third-order valence-electron chi connectivity index (χ3n) is 4.52. The lowest BCUT2D eigenvalue weighted by Gasteiger charge is -2.34. The molecule has 0 radical (unpaired) electrons. The Bertz CT molecular complexity index is 693. The highest BCUT2D eigenvalue weighted by Crippen LogP contribution is 2.34. The number of piperidine rings is 1. The van der Waals surface area contributed by atoms with Gasteiger partial charge in [-0.1, -0.05) is 53.5 Å². The number of ether oxygens (including phenoxy) is 1. The normalized spacial score (nSPS) is 20.8. The van der Waals surface area contributed by atoms with E-state index in [2.05, 4.69) is 22.8 Å². The Morgan fingerprint density at radius 1 is 1.17 bits per heavy atom. The van der Waals surface area contributed by atoms with Gasteiger partial charge in [-0.3, -0.25) is 0 Å². The zero-order chi connectivity index (χ0) is 16.9. The Balaban J connectivity index is 1.76. The molecule has 0 unspecified atom stereocenters. The topological polar surface area (TPSA) is 33.3 Å². The summed E-state index contributed by atoms with van der Waals surface area (Å²) < 4.78 is 5.44. The van der Waals surface area contributed by atoms with E-state index in [9.17, 15) is 0 Å². The minimum absolute atomic E-state index is 0.152. The molecule has 3 rings (SSSR count). The fraction of sp³-hybridized carbons (Fsp3) is 0.368. The zero-order valence-electron chi connectivity index (χ0n) is 13.7. The first-order valence-corrected chi connectivity index (χ1v) is 8.99. The Morgan fingerprint density at radius 3 is 2.83 bits per heavy atom. The van der Waals surface area contributed by atoms with Crippen LogP contribution >= 0.6 is 23.2 Å². The average molecular weight is 365 g/mol. The van der Waals surface area contributed by atoms with Crippen LogP contribution in [0.15, 0.2) is 42.5 Å². The molecule has 1 aliphatic rings. The average Bonchev–Trinajstić information content (AvgIpc) is 2.63. The highest BCUT2D eigenvalue weighted by molar-refractivity contribution is 6.42. The molecule has 0 spiro atoms. The quantitative estimate of drug-likeness (QED) is 0.814. The lowest BCUT2D eigenvalue weighted by Crippen LogP contribution is -2.45. The summed E-state index contributed by atoms with van der Waals surface area (Å²) in [5.41, 5.74) is 2.21. The van der Waals surface area contributed by atoms with Gasteiger partial charge in [0.2, 0.25) is 0 Å². The number of rotatable bonds is 5. The maximum absolute atomic E-state index is 6.44. The number of hydrogen-bond acceptors (Lipinski definition) is 3. The molecule has 0 aliphatic carbocycles. The summed E-state index contributed by atoms with van der Waals surface area (Å²) in [6.45, 7) is 1.74. The SMILES string of the molecule is COc1ccccc1CN[C@H]1CCCN[C@H]1c1cccc(Cl)c1Cl. The van der Waals surface area contributed by atoms with Crippen molar-refractivity contribution < 1.29 is 4.74 Å². The molecule has 0 amide bonds. The van der Waals surface area contributed by atoms with Crippen molar-refractivity contribution in [3.05, 3.63) is 63.6 Å².